The fourth-order valence-electron chi connectivity index (χ4n) is 2.94. The number of nitrogens with two attached hydrogens (primary N) is 1. The molecule has 5 nitrogen and oxygen atoms in total. The van der Waals surface area contributed by atoms with Gasteiger partial charge in [-0.15, -0.1) is 24.8 Å². The van der Waals surface area contributed by atoms with Crippen molar-refractivity contribution in [2.45, 2.75) is 34.3 Å². The summed E-state index contributed by atoms with van der Waals surface area (Å²) >= 11 is 0. The number of amides is 1. The van der Waals surface area contributed by atoms with Gasteiger partial charge < -0.3 is 15.4 Å². The lowest BCUT2D eigenvalue weighted by molar-refractivity contribution is 0.0740. The van der Waals surface area contributed by atoms with Crippen LogP contribution in [0.5, 0.6) is 5.75 Å². The van der Waals surface area contributed by atoms with E-state index in [1.165, 1.54) is 0 Å². The number of halogens is 2. The SMILES string of the molecule is Cc1cc(C(=O)N(C)CC(C)(C)CN)cc(C)c1OCc1cccnc1.Cl.Cl. The topological polar surface area (TPSA) is 68.5 Å². The Labute approximate surface area is 180 Å². The molecule has 0 unspecified atom stereocenters. The Hall–Kier alpha value is -1.82. The molecule has 0 aliphatic heterocycles. The summed E-state index contributed by atoms with van der Waals surface area (Å²) in [4.78, 5) is 18.6. The Balaban J connectivity index is 0.00000364. The van der Waals surface area contributed by atoms with Gasteiger partial charge in [-0.3, -0.25) is 9.78 Å². The summed E-state index contributed by atoms with van der Waals surface area (Å²) < 4.78 is 5.97. The molecule has 0 bridgehead atoms. The van der Waals surface area contributed by atoms with Crippen molar-refractivity contribution in [1.82, 2.24) is 9.88 Å². The molecule has 0 aliphatic rings. The third-order valence-electron chi connectivity index (χ3n) is 4.38. The molecule has 0 saturated carbocycles. The van der Waals surface area contributed by atoms with Crippen LogP contribution in [-0.2, 0) is 6.61 Å². The van der Waals surface area contributed by atoms with Crippen molar-refractivity contribution < 1.29 is 9.53 Å². The molecule has 28 heavy (non-hydrogen) atoms. The van der Waals surface area contributed by atoms with Crippen molar-refractivity contribution in [3.63, 3.8) is 0 Å². The smallest absolute Gasteiger partial charge is 0.253 e. The Kier molecular flexibility index (Phi) is 10.5. The van der Waals surface area contributed by atoms with Crippen LogP contribution in [0.1, 0.15) is 40.9 Å². The highest BCUT2D eigenvalue weighted by atomic mass is 35.5. The standard InChI is InChI=1S/C21H29N3O2.2ClH/c1-15-9-18(20(25)24(5)14-21(3,4)13-22)10-16(2)19(15)26-12-17-7-6-8-23-11-17;;/h6-11H,12-14,22H2,1-5H3;2*1H. The van der Waals surface area contributed by atoms with Gasteiger partial charge in [0.1, 0.15) is 12.4 Å². The van der Waals surface area contributed by atoms with Gasteiger partial charge in [0.15, 0.2) is 0 Å². The van der Waals surface area contributed by atoms with Crippen LogP contribution in [0.15, 0.2) is 36.7 Å². The number of aryl methyl sites for hydroxylation is 2. The van der Waals surface area contributed by atoms with Crippen LogP contribution in [-0.4, -0.2) is 35.9 Å². The van der Waals surface area contributed by atoms with Crippen LogP contribution in [0.2, 0.25) is 0 Å². The average Bonchev–Trinajstić information content (AvgIpc) is 2.60. The molecule has 2 aromatic rings. The number of benzene rings is 1. The molecule has 0 atom stereocenters. The molecule has 1 heterocycles. The number of rotatable bonds is 7. The Morgan fingerprint density at radius 1 is 1.21 bits per heavy atom. The Morgan fingerprint density at radius 3 is 2.32 bits per heavy atom. The molecular formula is C21H31Cl2N3O2. The number of carbonyl (C=O) groups is 1. The highest BCUT2D eigenvalue weighted by Crippen LogP contribution is 2.27. The number of carbonyl (C=O) groups excluding carboxylic acids is 1. The molecule has 0 fully saturated rings. The molecule has 0 aliphatic carbocycles. The number of nitrogens with zero attached hydrogens (tertiary/aromatic N) is 2. The van der Waals surface area contributed by atoms with Gasteiger partial charge in [0.25, 0.3) is 5.91 Å². The van der Waals surface area contributed by atoms with E-state index in [2.05, 4.69) is 18.8 Å². The van der Waals surface area contributed by atoms with Crippen LogP contribution in [0.3, 0.4) is 0 Å². The number of ether oxygens (including phenoxy) is 1. The first-order valence-electron chi connectivity index (χ1n) is 8.82. The molecule has 1 aromatic carbocycles. The maximum atomic E-state index is 12.8. The molecule has 1 amide bonds. The largest absolute Gasteiger partial charge is 0.488 e. The maximum absolute atomic E-state index is 12.8. The number of hydrogen-bond donors (Lipinski definition) is 1. The normalized spacial score (nSPS) is 10.5. The summed E-state index contributed by atoms with van der Waals surface area (Å²) in [6, 6.07) is 7.64. The quantitative estimate of drug-likeness (QED) is 0.719. The predicted molar refractivity (Wildman–Crippen MR) is 119 cm³/mol. The third-order valence-corrected chi connectivity index (χ3v) is 4.38. The van der Waals surface area contributed by atoms with Gasteiger partial charge in [-0.1, -0.05) is 19.9 Å². The molecular weight excluding hydrogens is 397 g/mol. The van der Waals surface area contributed by atoms with E-state index in [-0.39, 0.29) is 36.1 Å². The lowest BCUT2D eigenvalue weighted by atomic mass is 9.93. The third kappa shape index (κ3) is 6.97. The fraction of sp³-hybridized carbons (Fsp3) is 0.429. The molecule has 2 rings (SSSR count). The summed E-state index contributed by atoms with van der Waals surface area (Å²) in [5.41, 5.74) is 9.25. The fourth-order valence-corrected chi connectivity index (χ4v) is 2.94. The Bertz CT molecular complexity index is 744. The van der Waals surface area contributed by atoms with E-state index < -0.39 is 0 Å². The summed E-state index contributed by atoms with van der Waals surface area (Å²) in [5.74, 6) is 0.812. The minimum atomic E-state index is -0.110. The predicted octanol–water partition coefficient (Wildman–Crippen LogP) is 4.18. The van der Waals surface area contributed by atoms with E-state index in [0.717, 1.165) is 22.4 Å². The molecule has 0 radical (unpaired) electrons. The summed E-state index contributed by atoms with van der Waals surface area (Å²) in [6.45, 7) is 9.64. The van der Waals surface area contributed by atoms with Gasteiger partial charge in [0.05, 0.1) is 0 Å². The lowest BCUT2D eigenvalue weighted by Crippen LogP contribution is -2.39. The minimum absolute atomic E-state index is 0. The lowest BCUT2D eigenvalue weighted by Gasteiger charge is -2.29. The number of pyridine rings is 1. The first kappa shape index (κ1) is 26.2. The van der Waals surface area contributed by atoms with E-state index in [0.29, 0.717) is 25.3 Å². The first-order valence-corrected chi connectivity index (χ1v) is 8.82. The van der Waals surface area contributed by atoms with Gasteiger partial charge in [-0.2, -0.15) is 0 Å². The summed E-state index contributed by atoms with van der Waals surface area (Å²) in [5, 5.41) is 0. The van der Waals surface area contributed by atoms with Crippen LogP contribution in [0, 0.1) is 19.3 Å². The molecule has 0 saturated heterocycles. The Morgan fingerprint density at radius 2 is 1.82 bits per heavy atom. The van der Waals surface area contributed by atoms with Crippen molar-refractivity contribution in [3.8, 4) is 5.75 Å². The number of hydrogen-bond acceptors (Lipinski definition) is 4. The van der Waals surface area contributed by atoms with Crippen molar-refractivity contribution in [2.75, 3.05) is 20.1 Å². The second-order valence-corrected chi connectivity index (χ2v) is 7.62. The first-order chi connectivity index (χ1) is 12.2. The van der Waals surface area contributed by atoms with E-state index in [1.54, 1.807) is 17.3 Å². The molecule has 156 valence electrons. The van der Waals surface area contributed by atoms with Crippen LogP contribution >= 0.6 is 24.8 Å². The van der Waals surface area contributed by atoms with E-state index >= 15 is 0 Å². The van der Waals surface area contributed by atoms with Crippen molar-refractivity contribution in [1.29, 1.82) is 0 Å². The van der Waals surface area contributed by atoms with Gasteiger partial charge in [0.2, 0.25) is 0 Å². The van der Waals surface area contributed by atoms with Gasteiger partial charge >= 0.3 is 0 Å². The second-order valence-electron chi connectivity index (χ2n) is 7.62. The van der Waals surface area contributed by atoms with Crippen molar-refractivity contribution in [3.05, 3.63) is 58.9 Å². The molecule has 1 aromatic heterocycles. The zero-order valence-corrected chi connectivity index (χ0v) is 18.8. The van der Waals surface area contributed by atoms with Crippen molar-refractivity contribution >= 4 is 30.7 Å². The average molecular weight is 428 g/mol. The van der Waals surface area contributed by atoms with E-state index in [4.69, 9.17) is 10.5 Å². The monoisotopic (exact) mass is 427 g/mol. The summed E-state index contributed by atoms with van der Waals surface area (Å²) in [7, 11) is 1.82. The highest BCUT2D eigenvalue weighted by Gasteiger charge is 2.22. The minimum Gasteiger partial charge on any atom is -0.488 e. The van der Waals surface area contributed by atoms with Crippen LogP contribution in [0.25, 0.3) is 0 Å². The summed E-state index contributed by atoms with van der Waals surface area (Å²) in [6.07, 6.45) is 3.53. The van der Waals surface area contributed by atoms with Crippen LogP contribution < -0.4 is 10.5 Å². The molecule has 0 spiro atoms. The zero-order valence-electron chi connectivity index (χ0n) is 17.2. The van der Waals surface area contributed by atoms with Gasteiger partial charge in [0, 0.05) is 37.1 Å². The zero-order chi connectivity index (χ0) is 19.3. The van der Waals surface area contributed by atoms with Gasteiger partial charge in [-0.25, -0.2) is 0 Å². The maximum Gasteiger partial charge on any atom is 0.253 e. The van der Waals surface area contributed by atoms with Gasteiger partial charge in [-0.05, 0) is 55.1 Å². The van der Waals surface area contributed by atoms with Crippen molar-refractivity contribution in [2.24, 2.45) is 11.1 Å². The van der Waals surface area contributed by atoms with E-state index in [9.17, 15) is 4.79 Å². The molecule has 7 heteroatoms. The van der Waals surface area contributed by atoms with E-state index in [1.807, 2.05) is 45.2 Å². The molecule has 2 N–H and O–H groups in total. The van der Waals surface area contributed by atoms with Crippen LogP contribution in [0.4, 0.5) is 0 Å². The number of aromatic nitrogens is 1. The second kappa shape index (κ2) is 11.2. The highest BCUT2D eigenvalue weighted by molar-refractivity contribution is 5.94.